The van der Waals surface area contributed by atoms with E-state index in [4.69, 9.17) is 0 Å². The normalized spacial score (nSPS) is 11.7. The average molecular weight is 375 g/mol. The Morgan fingerprint density at radius 2 is 1.89 bits per heavy atom. The molecule has 1 amide bonds. The van der Waals surface area contributed by atoms with E-state index < -0.39 is 0 Å². The summed E-state index contributed by atoms with van der Waals surface area (Å²) in [6.45, 7) is 2.02. The zero-order chi connectivity index (χ0) is 18.8. The monoisotopic (exact) mass is 375 g/mol. The molecule has 0 fully saturated rings. The van der Waals surface area contributed by atoms with Crippen LogP contribution in [0.2, 0.25) is 0 Å². The Hall–Kier alpha value is -3.38. The summed E-state index contributed by atoms with van der Waals surface area (Å²) in [4.78, 5) is 30.7. The number of aromatic nitrogens is 2. The Bertz CT molecular complexity index is 1200. The van der Waals surface area contributed by atoms with Crippen LogP contribution in [0.5, 0.6) is 0 Å². The van der Waals surface area contributed by atoms with E-state index in [0.717, 1.165) is 16.0 Å². The second-order valence-corrected chi connectivity index (χ2v) is 7.19. The van der Waals surface area contributed by atoms with Crippen LogP contribution in [-0.4, -0.2) is 15.9 Å². The summed E-state index contributed by atoms with van der Waals surface area (Å²) < 4.78 is 0. The van der Waals surface area contributed by atoms with Gasteiger partial charge in [-0.05, 0) is 48.2 Å². The van der Waals surface area contributed by atoms with Crippen LogP contribution >= 0.6 is 11.3 Å². The molecule has 2 heterocycles. The zero-order valence-electron chi connectivity index (χ0n) is 14.6. The van der Waals surface area contributed by atoms with Crippen LogP contribution in [0.15, 0.2) is 64.8 Å². The van der Waals surface area contributed by atoms with Crippen molar-refractivity contribution in [1.29, 1.82) is 0 Å². The van der Waals surface area contributed by atoms with Gasteiger partial charge >= 0.3 is 5.69 Å². The topological polar surface area (TPSA) is 77.8 Å². The predicted molar refractivity (Wildman–Crippen MR) is 111 cm³/mol. The molecule has 3 N–H and O–H groups in total. The highest BCUT2D eigenvalue weighted by Crippen LogP contribution is 2.25. The third-order valence-electron chi connectivity index (χ3n) is 4.16. The molecule has 0 aliphatic rings. The maximum absolute atomic E-state index is 13.0. The molecule has 4 aromatic rings. The van der Waals surface area contributed by atoms with E-state index in [2.05, 4.69) is 15.3 Å². The molecule has 4 rings (SSSR count). The van der Waals surface area contributed by atoms with Crippen molar-refractivity contribution in [3.05, 3.63) is 86.5 Å². The van der Waals surface area contributed by atoms with Crippen molar-refractivity contribution in [2.45, 2.75) is 6.92 Å². The van der Waals surface area contributed by atoms with Crippen molar-refractivity contribution in [1.82, 2.24) is 9.97 Å². The molecular weight excluding hydrogens is 358 g/mol. The van der Waals surface area contributed by atoms with Crippen molar-refractivity contribution >= 4 is 45.6 Å². The van der Waals surface area contributed by atoms with Gasteiger partial charge in [-0.15, -0.1) is 11.3 Å². The number of carbonyl (C=O) groups excluding carboxylic acids is 1. The molecule has 5 nitrogen and oxygen atoms in total. The third kappa shape index (κ3) is 3.75. The van der Waals surface area contributed by atoms with Gasteiger partial charge in [0.05, 0.1) is 16.6 Å². The minimum absolute atomic E-state index is 0.198. The number of nitrogens with one attached hydrogen (secondary N) is 3. The van der Waals surface area contributed by atoms with Gasteiger partial charge in [0.15, 0.2) is 0 Å². The summed E-state index contributed by atoms with van der Waals surface area (Å²) in [6, 6.07) is 17.1. The number of aryl methyl sites for hydroxylation is 1. The zero-order valence-corrected chi connectivity index (χ0v) is 15.4. The largest absolute Gasteiger partial charge is 0.323 e. The molecule has 0 aliphatic carbocycles. The summed E-state index contributed by atoms with van der Waals surface area (Å²) in [5, 5.41) is 4.88. The molecule has 0 saturated carbocycles. The molecule has 0 aliphatic heterocycles. The lowest BCUT2D eigenvalue weighted by Crippen LogP contribution is -2.13. The second kappa shape index (κ2) is 7.09. The summed E-state index contributed by atoms with van der Waals surface area (Å²) in [7, 11) is 0. The van der Waals surface area contributed by atoms with Crippen LogP contribution in [0, 0.1) is 6.92 Å². The van der Waals surface area contributed by atoms with Crippen molar-refractivity contribution in [2.24, 2.45) is 0 Å². The van der Waals surface area contributed by atoms with E-state index in [1.165, 1.54) is 11.3 Å². The van der Waals surface area contributed by atoms with Crippen molar-refractivity contribution in [3.8, 4) is 0 Å². The van der Waals surface area contributed by atoms with Crippen LogP contribution in [0.4, 0.5) is 5.69 Å². The fourth-order valence-corrected chi connectivity index (χ4v) is 3.66. The highest BCUT2D eigenvalue weighted by atomic mass is 32.1. The average Bonchev–Trinajstić information content (AvgIpc) is 3.28. The molecule has 0 radical (unpaired) electrons. The molecule has 0 unspecified atom stereocenters. The van der Waals surface area contributed by atoms with E-state index >= 15 is 0 Å². The molecule has 6 heteroatoms. The molecule has 0 bridgehead atoms. The van der Waals surface area contributed by atoms with Gasteiger partial charge in [-0.3, -0.25) is 4.79 Å². The highest BCUT2D eigenvalue weighted by Gasteiger charge is 2.14. The molecule has 2 aromatic heterocycles. The highest BCUT2D eigenvalue weighted by molar-refractivity contribution is 7.11. The van der Waals surface area contributed by atoms with Gasteiger partial charge in [-0.1, -0.05) is 35.9 Å². The number of thiophene rings is 1. The van der Waals surface area contributed by atoms with Crippen LogP contribution < -0.4 is 11.0 Å². The van der Waals surface area contributed by atoms with Gasteiger partial charge in [-0.2, -0.15) is 0 Å². The molecular formula is C21H17N3O2S. The second-order valence-electron chi connectivity index (χ2n) is 6.24. The van der Waals surface area contributed by atoms with Crippen LogP contribution in [0.3, 0.4) is 0 Å². The molecule has 2 aromatic carbocycles. The quantitative estimate of drug-likeness (QED) is 0.462. The minimum atomic E-state index is -0.271. The maximum Gasteiger partial charge on any atom is 0.323 e. The number of rotatable bonds is 4. The molecule has 134 valence electrons. The summed E-state index contributed by atoms with van der Waals surface area (Å²) >= 11 is 1.52. The van der Waals surface area contributed by atoms with Gasteiger partial charge in [0.1, 0.15) is 0 Å². The Labute approximate surface area is 159 Å². The number of anilines is 1. The van der Waals surface area contributed by atoms with E-state index in [0.29, 0.717) is 22.3 Å². The first-order chi connectivity index (χ1) is 13.1. The third-order valence-corrected chi connectivity index (χ3v) is 5.06. The number of aromatic amines is 2. The van der Waals surface area contributed by atoms with Crippen LogP contribution in [-0.2, 0) is 4.79 Å². The number of benzene rings is 2. The lowest BCUT2D eigenvalue weighted by molar-refractivity contribution is -0.111. The van der Waals surface area contributed by atoms with Gasteiger partial charge in [0, 0.05) is 10.6 Å². The van der Waals surface area contributed by atoms with Crippen molar-refractivity contribution < 1.29 is 4.79 Å². The Morgan fingerprint density at radius 1 is 1.04 bits per heavy atom. The van der Waals surface area contributed by atoms with Gasteiger partial charge < -0.3 is 15.3 Å². The molecule has 0 atom stereocenters. The SMILES string of the molecule is Cc1cccc(C=C(C(=O)Nc2ccc3[nH]c(=O)[nH]c3c2)c2cccs2)c1. The van der Waals surface area contributed by atoms with E-state index in [1.54, 1.807) is 18.2 Å². The first-order valence-electron chi connectivity index (χ1n) is 8.44. The predicted octanol–water partition coefficient (Wildman–Crippen LogP) is 4.41. The number of hydrogen-bond donors (Lipinski definition) is 3. The number of carbonyl (C=O) groups is 1. The van der Waals surface area contributed by atoms with Crippen molar-refractivity contribution in [3.63, 3.8) is 0 Å². The Morgan fingerprint density at radius 3 is 2.67 bits per heavy atom. The fourth-order valence-electron chi connectivity index (χ4n) is 2.92. The number of H-pyrrole nitrogens is 2. The van der Waals surface area contributed by atoms with Crippen LogP contribution in [0.1, 0.15) is 16.0 Å². The number of imidazole rings is 1. The standard InChI is InChI=1S/C21H17N3O2S/c1-13-4-2-5-14(10-13)11-16(19-6-3-9-27-19)20(25)22-15-7-8-17-18(12-15)24-21(26)23-17/h2-12H,1H3,(H,22,25)(H2,23,24,26). The van der Waals surface area contributed by atoms with E-state index in [1.807, 2.05) is 54.8 Å². The maximum atomic E-state index is 13.0. The molecule has 0 spiro atoms. The Balaban J connectivity index is 1.68. The lowest BCUT2D eigenvalue weighted by Gasteiger charge is -2.09. The molecule has 0 saturated heterocycles. The first-order valence-corrected chi connectivity index (χ1v) is 9.32. The minimum Gasteiger partial charge on any atom is -0.322 e. The lowest BCUT2D eigenvalue weighted by atomic mass is 10.1. The Kier molecular flexibility index (Phi) is 4.48. The van der Waals surface area contributed by atoms with Gasteiger partial charge in [0.2, 0.25) is 0 Å². The number of amides is 1. The summed E-state index contributed by atoms with van der Waals surface area (Å²) in [6.07, 6.45) is 1.89. The van der Waals surface area contributed by atoms with Crippen LogP contribution in [0.25, 0.3) is 22.7 Å². The number of hydrogen-bond acceptors (Lipinski definition) is 3. The van der Waals surface area contributed by atoms with E-state index in [9.17, 15) is 9.59 Å². The van der Waals surface area contributed by atoms with Crippen molar-refractivity contribution in [2.75, 3.05) is 5.32 Å². The van der Waals surface area contributed by atoms with Gasteiger partial charge in [0.25, 0.3) is 5.91 Å². The fraction of sp³-hybridized carbons (Fsp3) is 0.0476. The summed E-state index contributed by atoms with van der Waals surface area (Å²) in [5.74, 6) is -0.198. The van der Waals surface area contributed by atoms with E-state index in [-0.39, 0.29) is 11.6 Å². The summed E-state index contributed by atoms with van der Waals surface area (Å²) in [5.41, 5.74) is 4.40. The van der Waals surface area contributed by atoms with Gasteiger partial charge in [-0.25, -0.2) is 4.79 Å². The first kappa shape index (κ1) is 17.1. The number of fused-ring (bicyclic) bond motifs is 1. The molecule has 27 heavy (non-hydrogen) atoms. The smallest absolute Gasteiger partial charge is 0.322 e.